The number of likely N-dealkylation sites (tertiary alicyclic amines) is 1. The highest BCUT2D eigenvalue weighted by Gasteiger charge is 2.35. The quantitative estimate of drug-likeness (QED) is 0.368. The fourth-order valence-electron chi connectivity index (χ4n) is 4.99. The third-order valence-electron chi connectivity index (χ3n) is 7.02. The number of urea groups is 1. The van der Waals surface area contributed by atoms with Gasteiger partial charge >= 0.3 is 6.03 Å². The van der Waals surface area contributed by atoms with Crippen LogP contribution in [0, 0.1) is 13.8 Å². The molecule has 1 aliphatic rings. The summed E-state index contributed by atoms with van der Waals surface area (Å²) in [5, 5.41) is 11.2. The highest BCUT2D eigenvalue weighted by atomic mass is 16.5. The van der Waals surface area contributed by atoms with Gasteiger partial charge in [-0.3, -0.25) is 10.2 Å². The average Bonchev–Trinajstić information content (AvgIpc) is 3.49. The number of rotatable bonds is 8. The molecule has 1 saturated heterocycles. The van der Waals surface area contributed by atoms with Crippen LogP contribution in [-0.4, -0.2) is 70.1 Å². The van der Waals surface area contributed by atoms with E-state index in [4.69, 9.17) is 9.84 Å². The van der Waals surface area contributed by atoms with Crippen LogP contribution in [0.15, 0.2) is 73.3 Å². The maximum absolute atomic E-state index is 13.5. The van der Waals surface area contributed by atoms with Crippen molar-refractivity contribution >= 4 is 11.8 Å². The van der Waals surface area contributed by atoms with Crippen LogP contribution < -0.4 is 10.6 Å². The van der Waals surface area contributed by atoms with E-state index in [2.05, 4.69) is 56.7 Å². The van der Waals surface area contributed by atoms with Gasteiger partial charge in [-0.05, 0) is 31.5 Å². The van der Waals surface area contributed by atoms with Crippen molar-refractivity contribution in [2.75, 3.05) is 38.7 Å². The van der Waals surface area contributed by atoms with E-state index in [1.807, 2.05) is 37.3 Å². The van der Waals surface area contributed by atoms with E-state index in [0.29, 0.717) is 18.1 Å². The van der Waals surface area contributed by atoms with Crippen molar-refractivity contribution in [3.05, 3.63) is 90.0 Å². The van der Waals surface area contributed by atoms with E-state index >= 15 is 0 Å². The first-order chi connectivity index (χ1) is 18.5. The van der Waals surface area contributed by atoms with E-state index in [0.717, 1.165) is 36.4 Å². The molecule has 5 rings (SSSR count). The molecule has 196 valence electrons. The van der Waals surface area contributed by atoms with Gasteiger partial charge < -0.3 is 10.1 Å². The maximum Gasteiger partial charge on any atom is 0.320 e. The lowest BCUT2D eigenvalue weighted by Crippen LogP contribution is -2.42. The number of hydrogen-bond donors (Lipinski definition) is 2. The first-order valence-corrected chi connectivity index (χ1v) is 12.8. The Bertz CT molecular complexity index is 1360. The second-order valence-corrected chi connectivity index (χ2v) is 9.67. The average molecular weight is 512 g/mol. The van der Waals surface area contributed by atoms with Crippen LogP contribution in [0.4, 0.5) is 10.6 Å². The molecule has 0 aliphatic carbocycles. The zero-order valence-corrected chi connectivity index (χ0v) is 22.0. The Morgan fingerprint density at radius 3 is 2.47 bits per heavy atom. The minimum Gasteiger partial charge on any atom is -0.383 e. The molecular weight excluding hydrogens is 478 g/mol. The number of carbonyl (C=O) groups excluding carboxylic acids is 1. The summed E-state index contributed by atoms with van der Waals surface area (Å²) in [5.74, 6) is 0.782. The van der Waals surface area contributed by atoms with Gasteiger partial charge in [0.15, 0.2) is 0 Å². The number of nitrogens with zero attached hydrogens (tertiary/aromatic N) is 5. The number of aryl methyl sites for hydroxylation is 1. The number of hydrogen-bond acceptors (Lipinski definition) is 6. The molecule has 2 N–H and O–H groups in total. The minimum atomic E-state index is -0.267. The Labute approximate surface area is 222 Å². The molecule has 0 spiro atoms. The third kappa shape index (κ3) is 5.58. The van der Waals surface area contributed by atoms with Gasteiger partial charge in [-0.2, -0.15) is 5.10 Å². The summed E-state index contributed by atoms with van der Waals surface area (Å²) in [5.41, 5.74) is 5.62. The minimum absolute atomic E-state index is 0.0510. The van der Waals surface area contributed by atoms with Crippen molar-refractivity contribution in [2.24, 2.45) is 0 Å². The van der Waals surface area contributed by atoms with Crippen LogP contribution in [0.3, 0.4) is 0 Å². The number of amides is 2. The monoisotopic (exact) mass is 511 g/mol. The summed E-state index contributed by atoms with van der Waals surface area (Å²) < 4.78 is 7.06. The van der Waals surface area contributed by atoms with E-state index < -0.39 is 0 Å². The number of benzene rings is 2. The lowest BCUT2D eigenvalue weighted by molar-refractivity contribution is 0.159. The Hall–Kier alpha value is -4.08. The van der Waals surface area contributed by atoms with Gasteiger partial charge in [0.25, 0.3) is 0 Å². The molecule has 0 saturated carbocycles. The van der Waals surface area contributed by atoms with Gasteiger partial charge in [0, 0.05) is 56.2 Å². The topological polar surface area (TPSA) is 97.2 Å². The van der Waals surface area contributed by atoms with Gasteiger partial charge in [0.1, 0.15) is 17.8 Å². The van der Waals surface area contributed by atoms with E-state index in [1.165, 1.54) is 17.5 Å². The van der Waals surface area contributed by atoms with Gasteiger partial charge in [-0.1, -0.05) is 48.0 Å². The molecule has 38 heavy (non-hydrogen) atoms. The summed E-state index contributed by atoms with van der Waals surface area (Å²) in [7, 11) is 1.71. The predicted molar refractivity (Wildman–Crippen MR) is 148 cm³/mol. The molecule has 0 radical (unpaired) electrons. The second kappa shape index (κ2) is 11.5. The highest BCUT2D eigenvalue weighted by molar-refractivity contribution is 5.91. The molecule has 4 aromatic rings. The van der Waals surface area contributed by atoms with Gasteiger partial charge in [0.05, 0.1) is 18.3 Å². The van der Waals surface area contributed by atoms with E-state index in [9.17, 15) is 4.79 Å². The molecule has 9 nitrogen and oxygen atoms in total. The standard InChI is InChI=1S/C29H33N7O2/c1-20-9-11-22(12-10-20)25-17-35(13-14-38-3)18-26(25)32-29(37)33-28-21(2)27(23-15-30-19-31-16-23)34-36(28)24-7-5-4-6-8-24/h4-12,15-16,19,25-26H,13-14,17-18H2,1-3H3,(H2,32,33,37). The number of methoxy groups -OCH3 is 1. The number of aromatic nitrogens is 4. The normalized spacial score (nSPS) is 17.4. The molecule has 9 heteroatoms. The first-order valence-electron chi connectivity index (χ1n) is 12.8. The van der Waals surface area contributed by atoms with Crippen LogP contribution in [0.25, 0.3) is 16.9 Å². The van der Waals surface area contributed by atoms with E-state index in [-0.39, 0.29) is 18.0 Å². The Kier molecular flexibility index (Phi) is 7.76. The fraction of sp³-hybridized carbons (Fsp3) is 0.310. The number of para-hydroxylation sites is 1. The predicted octanol–water partition coefficient (Wildman–Crippen LogP) is 4.18. The Balaban J connectivity index is 1.41. The lowest BCUT2D eigenvalue weighted by atomic mass is 9.94. The summed E-state index contributed by atoms with van der Waals surface area (Å²) in [6.45, 7) is 7.11. The molecule has 2 amide bonds. The van der Waals surface area contributed by atoms with Crippen molar-refractivity contribution in [2.45, 2.75) is 25.8 Å². The van der Waals surface area contributed by atoms with Crippen molar-refractivity contribution in [1.82, 2.24) is 30.0 Å². The summed E-state index contributed by atoms with van der Waals surface area (Å²) in [6.07, 6.45) is 4.93. The molecular formula is C29H33N7O2. The molecule has 1 aliphatic heterocycles. The third-order valence-corrected chi connectivity index (χ3v) is 7.02. The number of ether oxygens (including phenoxy) is 1. The van der Waals surface area contributed by atoms with Crippen molar-refractivity contribution in [1.29, 1.82) is 0 Å². The van der Waals surface area contributed by atoms with Crippen LogP contribution in [-0.2, 0) is 4.74 Å². The Morgan fingerprint density at radius 1 is 1.03 bits per heavy atom. The van der Waals surface area contributed by atoms with Crippen molar-refractivity contribution < 1.29 is 9.53 Å². The molecule has 2 aromatic carbocycles. The van der Waals surface area contributed by atoms with Crippen LogP contribution in [0.5, 0.6) is 0 Å². The molecule has 3 heterocycles. The molecule has 2 aromatic heterocycles. The summed E-state index contributed by atoms with van der Waals surface area (Å²) >= 11 is 0. The second-order valence-electron chi connectivity index (χ2n) is 9.67. The zero-order valence-electron chi connectivity index (χ0n) is 22.0. The SMILES string of the molecule is COCCN1CC(NC(=O)Nc2c(C)c(-c3cncnc3)nn2-c2ccccc2)C(c2ccc(C)cc2)C1. The molecule has 1 fully saturated rings. The first kappa shape index (κ1) is 25.6. The van der Waals surface area contributed by atoms with Crippen molar-refractivity contribution in [3.63, 3.8) is 0 Å². The molecule has 2 atom stereocenters. The summed E-state index contributed by atoms with van der Waals surface area (Å²) in [6, 6.07) is 18.0. The number of carbonyl (C=O) groups is 1. The van der Waals surface area contributed by atoms with Crippen molar-refractivity contribution in [3.8, 4) is 16.9 Å². The Morgan fingerprint density at radius 2 is 1.76 bits per heavy atom. The molecule has 0 bridgehead atoms. The zero-order chi connectivity index (χ0) is 26.5. The maximum atomic E-state index is 13.5. The van der Waals surface area contributed by atoms with Crippen LogP contribution in [0.1, 0.15) is 22.6 Å². The van der Waals surface area contributed by atoms with Gasteiger partial charge in [-0.25, -0.2) is 19.4 Å². The van der Waals surface area contributed by atoms with Gasteiger partial charge in [-0.15, -0.1) is 0 Å². The number of nitrogens with one attached hydrogen (secondary N) is 2. The smallest absolute Gasteiger partial charge is 0.320 e. The molecule has 2 unspecified atom stereocenters. The lowest BCUT2D eigenvalue weighted by Gasteiger charge is -2.21. The highest BCUT2D eigenvalue weighted by Crippen LogP contribution is 2.31. The van der Waals surface area contributed by atoms with Gasteiger partial charge in [0.2, 0.25) is 0 Å². The fourth-order valence-corrected chi connectivity index (χ4v) is 4.99. The van der Waals surface area contributed by atoms with Crippen LogP contribution in [0.2, 0.25) is 0 Å². The summed E-state index contributed by atoms with van der Waals surface area (Å²) in [4.78, 5) is 24.1. The van der Waals surface area contributed by atoms with Crippen LogP contribution >= 0.6 is 0 Å². The number of anilines is 1. The largest absolute Gasteiger partial charge is 0.383 e. The van der Waals surface area contributed by atoms with E-state index in [1.54, 1.807) is 24.2 Å².